The summed E-state index contributed by atoms with van der Waals surface area (Å²) in [7, 11) is 0. The summed E-state index contributed by atoms with van der Waals surface area (Å²) in [5, 5.41) is 4.63. The molecule has 1 heterocycles. The minimum atomic E-state index is -0.589. The Bertz CT molecular complexity index is 805. The maximum Gasteiger partial charge on any atom is 0.350 e. The van der Waals surface area contributed by atoms with E-state index in [1.807, 2.05) is 0 Å². The van der Waals surface area contributed by atoms with E-state index >= 15 is 0 Å². The van der Waals surface area contributed by atoms with Crippen LogP contribution >= 0.6 is 34.5 Å². The molecule has 2 aromatic rings. The fourth-order valence-electron chi connectivity index (χ4n) is 3.15. The van der Waals surface area contributed by atoms with Crippen LogP contribution in [-0.4, -0.2) is 24.5 Å². The molecular formula is C18H19Cl2NO3S. The summed E-state index contributed by atoms with van der Waals surface area (Å²) >= 11 is 13.4. The molecule has 1 aromatic carbocycles. The maximum absolute atomic E-state index is 12.3. The second kappa shape index (κ2) is 7.94. The molecule has 25 heavy (non-hydrogen) atoms. The van der Waals surface area contributed by atoms with Crippen molar-refractivity contribution >= 4 is 56.5 Å². The standard InChI is InChI=1S/C18H19Cl2NO3S/c1-10-4-2-3-5-13(10)21-15(22)9-24-18(23)17-16(20)12-7-6-11(19)8-14(12)25-17/h6-8,10,13H,2-5,9H2,1H3,(H,21,22)/t10-,13+/m0/s1. The lowest BCUT2D eigenvalue weighted by atomic mass is 9.86. The van der Waals surface area contributed by atoms with Crippen LogP contribution in [0.4, 0.5) is 0 Å². The predicted octanol–water partition coefficient (Wildman–Crippen LogP) is 5.06. The zero-order valence-electron chi connectivity index (χ0n) is 13.8. The molecule has 2 atom stereocenters. The van der Waals surface area contributed by atoms with E-state index in [0.29, 0.717) is 16.0 Å². The first-order valence-corrected chi connectivity index (χ1v) is 9.87. The quantitative estimate of drug-likeness (QED) is 0.730. The minimum Gasteiger partial charge on any atom is -0.451 e. The van der Waals surface area contributed by atoms with Crippen LogP contribution in [-0.2, 0) is 9.53 Å². The van der Waals surface area contributed by atoms with E-state index in [9.17, 15) is 9.59 Å². The molecule has 1 aromatic heterocycles. The van der Waals surface area contributed by atoms with E-state index in [1.54, 1.807) is 18.2 Å². The Morgan fingerprint density at radius 3 is 2.80 bits per heavy atom. The highest BCUT2D eigenvalue weighted by molar-refractivity contribution is 7.21. The summed E-state index contributed by atoms with van der Waals surface area (Å²) in [6.07, 6.45) is 4.42. The smallest absolute Gasteiger partial charge is 0.350 e. The maximum atomic E-state index is 12.3. The number of rotatable bonds is 4. The second-order valence-corrected chi connectivity index (χ2v) is 8.26. The van der Waals surface area contributed by atoms with Crippen molar-refractivity contribution in [3.05, 3.63) is 33.1 Å². The van der Waals surface area contributed by atoms with Gasteiger partial charge >= 0.3 is 5.97 Å². The van der Waals surface area contributed by atoms with Crippen LogP contribution in [0.3, 0.4) is 0 Å². The predicted molar refractivity (Wildman–Crippen MR) is 102 cm³/mol. The van der Waals surface area contributed by atoms with E-state index in [-0.39, 0.29) is 23.4 Å². The van der Waals surface area contributed by atoms with Crippen molar-refractivity contribution in [2.24, 2.45) is 5.92 Å². The molecule has 1 fully saturated rings. The van der Waals surface area contributed by atoms with Gasteiger partial charge in [0.2, 0.25) is 0 Å². The Kier molecular flexibility index (Phi) is 5.87. The molecule has 0 unspecified atom stereocenters. The third-order valence-electron chi connectivity index (χ3n) is 4.57. The Morgan fingerprint density at radius 2 is 2.04 bits per heavy atom. The molecule has 3 rings (SSSR count). The van der Waals surface area contributed by atoms with Gasteiger partial charge in [-0.3, -0.25) is 4.79 Å². The zero-order valence-corrected chi connectivity index (χ0v) is 16.1. The number of benzene rings is 1. The highest BCUT2D eigenvalue weighted by atomic mass is 35.5. The fourth-order valence-corrected chi connectivity index (χ4v) is 4.82. The van der Waals surface area contributed by atoms with Crippen LogP contribution in [0.15, 0.2) is 18.2 Å². The lowest BCUT2D eigenvalue weighted by Gasteiger charge is -2.29. The first kappa shape index (κ1) is 18.5. The number of carbonyl (C=O) groups excluding carboxylic acids is 2. The summed E-state index contributed by atoms with van der Waals surface area (Å²) in [5.74, 6) is -0.406. The summed E-state index contributed by atoms with van der Waals surface area (Å²) in [6, 6.07) is 5.40. The molecule has 0 saturated heterocycles. The Labute approximate surface area is 160 Å². The molecule has 0 bridgehead atoms. The molecule has 0 spiro atoms. The molecule has 0 radical (unpaired) electrons. The SMILES string of the molecule is C[C@H]1CCCC[C@H]1NC(=O)COC(=O)c1sc2cc(Cl)ccc2c1Cl. The molecule has 1 aliphatic carbocycles. The van der Waals surface area contributed by atoms with Gasteiger partial charge in [0.25, 0.3) is 5.91 Å². The van der Waals surface area contributed by atoms with Gasteiger partial charge in [0.05, 0.1) is 5.02 Å². The summed E-state index contributed by atoms with van der Waals surface area (Å²) in [4.78, 5) is 24.6. The van der Waals surface area contributed by atoms with Gasteiger partial charge in [-0.1, -0.05) is 49.0 Å². The molecule has 1 aliphatic rings. The monoisotopic (exact) mass is 399 g/mol. The van der Waals surface area contributed by atoms with Crippen molar-refractivity contribution in [1.29, 1.82) is 0 Å². The largest absolute Gasteiger partial charge is 0.451 e. The van der Waals surface area contributed by atoms with Gasteiger partial charge in [-0.2, -0.15) is 0 Å². The zero-order chi connectivity index (χ0) is 18.0. The molecule has 1 N–H and O–H groups in total. The van der Waals surface area contributed by atoms with Crippen LogP contribution in [0.25, 0.3) is 10.1 Å². The van der Waals surface area contributed by atoms with Crippen molar-refractivity contribution in [2.75, 3.05) is 6.61 Å². The van der Waals surface area contributed by atoms with Crippen molar-refractivity contribution in [3.63, 3.8) is 0 Å². The number of amides is 1. The number of esters is 1. The molecular weight excluding hydrogens is 381 g/mol. The topological polar surface area (TPSA) is 55.4 Å². The first-order valence-electron chi connectivity index (χ1n) is 8.29. The highest BCUT2D eigenvalue weighted by Gasteiger charge is 2.24. The van der Waals surface area contributed by atoms with Gasteiger partial charge in [-0.15, -0.1) is 11.3 Å². The van der Waals surface area contributed by atoms with E-state index in [1.165, 1.54) is 17.8 Å². The highest BCUT2D eigenvalue weighted by Crippen LogP contribution is 2.37. The van der Waals surface area contributed by atoms with Crippen LogP contribution in [0.1, 0.15) is 42.3 Å². The number of thiophene rings is 1. The molecule has 1 saturated carbocycles. The van der Waals surface area contributed by atoms with Crippen molar-refractivity contribution in [1.82, 2.24) is 5.32 Å². The van der Waals surface area contributed by atoms with E-state index < -0.39 is 5.97 Å². The lowest BCUT2D eigenvalue weighted by molar-refractivity contribution is -0.125. The number of carbonyl (C=O) groups is 2. The Hall–Kier alpha value is -1.30. The van der Waals surface area contributed by atoms with Gasteiger partial charge in [0.15, 0.2) is 6.61 Å². The summed E-state index contributed by atoms with van der Waals surface area (Å²) < 4.78 is 5.96. The minimum absolute atomic E-state index is 0.162. The number of nitrogens with one attached hydrogen (secondary N) is 1. The average Bonchev–Trinajstić information content (AvgIpc) is 2.91. The van der Waals surface area contributed by atoms with Gasteiger partial charge in [0, 0.05) is 21.2 Å². The van der Waals surface area contributed by atoms with Gasteiger partial charge in [0.1, 0.15) is 4.88 Å². The van der Waals surface area contributed by atoms with E-state index in [2.05, 4.69) is 12.2 Å². The second-order valence-electron chi connectivity index (χ2n) is 6.40. The van der Waals surface area contributed by atoms with Crippen LogP contribution in [0, 0.1) is 5.92 Å². The molecule has 1 amide bonds. The van der Waals surface area contributed by atoms with Crippen LogP contribution < -0.4 is 5.32 Å². The molecule has 0 aliphatic heterocycles. The van der Waals surface area contributed by atoms with Gasteiger partial charge < -0.3 is 10.1 Å². The third kappa shape index (κ3) is 4.27. The third-order valence-corrected chi connectivity index (χ3v) is 6.44. The Morgan fingerprint density at radius 1 is 1.28 bits per heavy atom. The van der Waals surface area contributed by atoms with E-state index in [0.717, 1.165) is 29.3 Å². The first-order chi connectivity index (χ1) is 12.0. The van der Waals surface area contributed by atoms with Crippen LogP contribution in [0.5, 0.6) is 0 Å². The Balaban J connectivity index is 1.60. The van der Waals surface area contributed by atoms with Crippen molar-refractivity contribution < 1.29 is 14.3 Å². The number of fused-ring (bicyclic) bond motifs is 1. The molecule has 7 heteroatoms. The lowest BCUT2D eigenvalue weighted by Crippen LogP contribution is -2.42. The molecule has 134 valence electrons. The number of hydrogen-bond acceptors (Lipinski definition) is 4. The number of hydrogen-bond donors (Lipinski definition) is 1. The van der Waals surface area contributed by atoms with Crippen LogP contribution in [0.2, 0.25) is 10.0 Å². The van der Waals surface area contributed by atoms with Gasteiger partial charge in [-0.05, 0) is 30.9 Å². The number of halogens is 2. The summed E-state index contributed by atoms with van der Waals surface area (Å²) in [6.45, 7) is 1.84. The normalized spacial score (nSPS) is 20.4. The fraction of sp³-hybridized carbons (Fsp3) is 0.444. The van der Waals surface area contributed by atoms with Crippen molar-refractivity contribution in [3.8, 4) is 0 Å². The van der Waals surface area contributed by atoms with Crippen molar-refractivity contribution in [2.45, 2.75) is 38.6 Å². The average molecular weight is 400 g/mol. The van der Waals surface area contributed by atoms with Gasteiger partial charge in [-0.25, -0.2) is 4.79 Å². The number of ether oxygens (including phenoxy) is 1. The summed E-state index contributed by atoms with van der Waals surface area (Å²) in [5.41, 5.74) is 0. The van der Waals surface area contributed by atoms with E-state index in [4.69, 9.17) is 27.9 Å². The molecule has 4 nitrogen and oxygen atoms in total.